The van der Waals surface area contributed by atoms with Gasteiger partial charge in [-0.25, -0.2) is 0 Å². The van der Waals surface area contributed by atoms with Crippen LogP contribution in [0.25, 0.3) is 0 Å². The fraction of sp³-hybridized carbons (Fsp3) is 0.389. The molecule has 0 aliphatic carbocycles. The molecular weight excluding hydrogens is 296 g/mol. The highest BCUT2D eigenvalue weighted by molar-refractivity contribution is 6.31. The SMILES string of the molecule is O=c1cccc2n1C[C@H]1C[C@H]2CN(Cc2ccccc2Cl)C1. The van der Waals surface area contributed by atoms with Crippen molar-refractivity contribution in [3.8, 4) is 0 Å². The Bertz CT molecular complexity index is 755. The zero-order chi connectivity index (χ0) is 15.1. The summed E-state index contributed by atoms with van der Waals surface area (Å²) in [6, 6.07) is 13.7. The number of benzene rings is 1. The molecule has 4 rings (SSSR count). The van der Waals surface area contributed by atoms with Gasteiger partial charge >= 0.3 is 0 Å². The molecule has 0 N–H and O–H groups in total. The number of hydrogen-bond donors (Lipinski definition) is 0. The van der Waals surface area contributed by atoms with Crippen LogP contribution in [0.3, 0.4) is 0 Å². The lowest BCUT2D eigenvalue weighted by Crippen LogP contribution is -2.46. The second-order valence-corrected chi connectivity index (χ2v) is 6.89. The fourth-order valence-corrected chi connectivity index (χ4v) is 4.19. The number of piperidine rings is 1. The van der Waals surface area contributed by atoms with Gasteiger partial charge in [0.1, 0.15) is 0 Å². The second kappa shape index (κ2) is 5.56. The van der Waals surface area contributed by atoms with Crippen LogP contribution in [0.15, 0.2) is 47.3 Å². The quantitative estimate of drug-likeness (QED) is 0.851. The zero-order valence-electron chi connectivity index (χ0n) is 12.4. The number of hydrogen-bond acceptors (Lipinski definition) is 2. The van der Waals surface area contributed by atoms with Crippen LogP contribution >= 0.6 is 11.6 Å². The first-order valence-corrected chi connectivity index (χ1v) is 8.24. The Morgan fingerprint density at radius 2 is 1.91 bits per heavy atom. The number of aromatic nitrogens is 1. The van der Waals surface area contributed by atoms with Crippen LogP contribution in [0, 0.1) is 5.92 Å². The molecule has 0 spiro atoms. The first-order chi connectivity index (χ1) is 10.7. The Labute approximate surface area is 135 Å². The highest BCUT2D eigenvalue weighted by Crippen LogP contribution is 2.35. The number of rotatable bonds is 2. The Kier molecular flexibility index (Phi) is 3.55. The molecule has 0 radical (unpaired) electrons. The van der Waals surface area contributed by atoms with Gasteiger partial charge in [-0.3, -0.25) is 9.69 Å². The molecule has 3 nitrogen and oxygen atoms in total. The summed E-state index contributed by atoms with van der Waals surface area (Å²) in [6.07, 6.45) is 1.20. The Morgan fingerprint density at radius 3 is 2.77 bits per heavy atom. The van der Waals surface area contributed by atoms with Crippen LogP contribution in [0.4, 0.5) is 0 Å². The van der Waals surface area contributed by atoms with Gasteiger partial charge in [-0.15, -0.1) is 0 Å². The van der Waals surface area contributed by atoms with Crippen LogP contribution in [0.5, 0.6) is 0 Å². The lowest BCUT2D eigenvalue weighted by Gasteiger charge is -2.42. The molecule has 0 unspecified atom stereocenters. The number of nitrogens with zero attached hydrogens (tertiary/aromatic N) is 2. The summed E-state index contributed by atoms with van der Waals surface area (Å²) < 4.78 is 1.98. The summed E-state index contributed by atoms with van der Waals surface area (Å²) in [7, 11) is 0. The molecule has 3 heterocycles. The molecular formula is C18H19ClN2O. The molecule has 0 saturated carbocycles. The zero-order valence-corrected chi connectivity index (χ0v) is 13.2. The van der Waals surface area contributed by atoms with Gasteiger partial charge in [0.05, 0.1) is 0 Å². The number of likely N-dealkylation sites (tertiary alicyclic amines) is 1. The van der Waals surface area contributed by atoms with E-state index in [1.807, 2.05) is 28.8 Å². The highest BCUT2D eigenvalue weighted by Gasteiger charge is 2.34. The molecule has 2 aromatic rings. The summed E-state index contributed by atoms with van der Waals surface area (Å²) in [5, 5.41) is 0.842. The molecule has 1 aromatic heterocycles. The van der Waals surface area contributed by atoms with E-state index in [2.05, 4.69) is 17.0 Å². The molecule has 2 atom stereocenters. The lowest BCUT2D eigenvalue weighted by molar-refractivity contribution is 0.114. The Hall–Kier alpha value is -1.58. The van der Waals surface area contributed by atoms with E-state index in [4.69, 9.17) is 11.6 Å². The van der Waals surface area contributed by atoms with E-state index < -0.39 is 0 Å². The summed E-state index contributed by atoms with van der Waals surface area (Å²) in [5.74, 6) is 1.03. The van der Waals surface area contributed by atoms with Crippen molar-refractivity contribution in [1.82, 2.24) is 9.47 Å². The Balaban J connectivity index is 1.59. The summed E-state index contributed by atoms with van der Waals surface area (Å²) in [6.45, 7) is 3.79. The first-order valence-electron chi connectivity index (χ1n) is 7.86. The smallest absolute Gasteiger partial charge is 0.250 e. The van der Waals surface area contributed by atoms with Crippen molar-refractivity contribution in [2.75, 3.05) is 13.1 Å². The third-order valence-electron chi connectivity index (χ3n) is 4.91. The van der Waals surface area contributed by atoms with Crippen molar-refractivity contribution in [3.05, 3.63) is 69.1 Å². The highest BCUT2D eigenvalue weighted by atomic mass is 35.5. The molecule has 1 aromatic carbocycles. The van der Waals surface area contributed by atoms with Crippen molar-refractivity contribution >= 4 is 11.6 Å². The van der Waals surface area contributed by atoms with Crippen molar-refractivity contribution in [3.63, 3.8) is 0 Å². The second-order valence-electron chi connectivity index (χ2n) is 6.48. The van der Waals surface area contributed by atoms with Gasteiger partial charge in [-0.2, -0.15) is 0 Å². The number of fused-ring (bicyclic) bond motifs is 4. The fourth-order valence-electron chi connectivity index (χ4n) is 3.99. The van der Waals surface area contributed by atoms with Gasteiger partial charge in [0, 0.05) is 48.9 Å². The van der Waals surface area contributed by atoms with Crippen LogP contribution in [0.1, 0.15) is 23.6 Å². The normalized spacial score (nSPS) is 24.0. The van der Waals surface area contributed by atoms with E-state index in [0.717, 1.165) is 31.2 Å². The van der Waals surface area contributed by atoms with Crippen molar-refractivity contribution in [2.24, 2.45) is 5.92 Å². The van der Waals surface area contributed by atoms with Gasteiger partial charge in [0.25, 0.3) is 5.56 Å². The van der Waals surface area contributed by atoms with E-state index in [0.29, 0.717) is 11.8 Å². The predicted molar refractivity (Wildman–Crippen MR) is 88.3 cm³/mol. The van der Waals surface area contributed by atoms with Crippen LogP contribution < -0.4 is 5.56 Å². The van der Waals surface area contributed by atoms with Gasteiger partial charge < -0.3 is 4.57 Å². The third kappa shape index (κ3) is 2.49. The minimum absolute atomic E-state index is 0.145. The summed E-state index contributed by atoms with van der Waals surface area (Å²) >= 11 is 6.29. The van der Waals surface area contributed by atoms with Crippen molar-refractivity contribution < 1.29 is 0 Å². The average Bonchev–Trinajstić information content (AvgIpc) is 2.51. The molecule has 22 heavy (non-hydrogen) atoms. The van der Waals surface area contributed by atoms with E-state index in [1.54, 1.807) is 6.07 Å². The van der Waals surface area contributed by atoms with Gasteiger partial charge in [0.15, 0.2) is 0 Å². The molecule has 2 aliphatic rings. The Morgan fingerprint density at radius 1 is 1.05 bits per heavy atom. The maximum absolute atomic E-state index is 12.0. The summed E-state index contributed by atoms with van der Waals surface area (Å²) in [5.41, 5.74) is 2.54. The molecule has 0 amide bonds. The van der Waals surface area contributed by atoms with E-state index in [-0.39, 0.29) is 5.56 Å². The van der Waals surface area contributed by atoms with Crippen LogP contribution in [-0.4, -0.2) is 22.6 Å². The van der Waals surface area contributed by atoms with Gasteiger partial charge in [-0.05, 0) is 30.0 Å². The molecule has 1 fully saturated rings. The minimum Gasteiger partial charge on any atom is -0.312 e. The lowest BCUT2D eigenvalue weighted by atomic mass is 9.83. The number of halogens is 1. The third-order valence-corrected chi connectivity index (χ3v) is 5.28. The number of pyridine rings is 1. The molecule has 2 aliphatic heterocycles. The maximum atomic E-state index is 12.0. The van der Waals surface area contributed by atoms with E-state index >= 15 is 0 Å². The first kappa shape index (κ1) is 14.0. The van der Waals surface area contributed by atoms with Crippen molar-refractivity contribution in [2.45, 2.75) is 25.4 Å². The minimum atomic E-state index is 0.145. The molecule has 4 heteroatoms. The van der Waals surface area contributed by atoms with Gasteiger partial charge in [-0.1, -0.05) is 35.9 Å². The van der Waals surface area contributed by atoms with Crippen LogP contribution in [0.2, 0.25) is 5.02 Å². The standard InChI is InChI=1S/C18H19ClN2O/c19-16-5-2-1-4-14(16)11-20-9-13-8-15(12-20)17-6-3-7-18(22)21(17)10-13/h1-7,13,15H,8-12H2/t13-,15-/m0/s1. The topological polar surface area (TPSA) is 25.2 Å². The molecule has 2 bridgehead atoms. The monoisotopic (exact) mass is 314 g/mol. The van der Waals surface area contributed by atoms with E-state index in [9.17, 15) is 4.79 Å². The average molecular weight is 315 g/mol. The van der Waals surface area contributed by atoms with E-state index in [1.165, 1.54) is 17.7 Å². The summed E-state index contributed by atoms with van der Waals surface area (Å²) in [4.78, 5) is 14.5. The van der Waals surface area contributed by atoms with Crippen molar-refractivity contribution in [1.29, 1.82) is 0 Å². The van der Waals surface area contributed by atoms with Gasteiger partial charge in [0.2, 0.25) is 0 Å². The predicted octanol–water partition coefficient (Wildman–Crippen LogP) is 3.12. The molecule has 114 valence electrons. The largest absolute Gasteiger partial charge is 0.312 e. The molecule has 1 saturated heterocycles. The van der Waals surface area contributed by atoms with Crippen LogP contribution in [-0.2, 0) is 13.1 Å². The maximum Gasteiger partial charge on any atom is 0.250 e.